The Bertz CT molecular complexity index is 536. The van der Waals surface area contributed by atoms with Gasteiger partial charge in [0.1, 0.15) is 0 Å². The van der Waals surface area contributed by atoms with Gasteiger partial charge in [-0.15, -0.1) is 12.4 Å². The van der Waals surface area contributed by atoms with Crippen LogP contribution in [0.15, 0.2) is 18.2 Å². The van der Waals surface area contributed by atoms with E-state index >= 15 is 0 Å². The number of benzene rings is 1. The molecule has 1 amide bonds. The van der Waals surface area contributed by atoms with Crippen molar-refractivity contribution in [2.24, 2.45) is 11.7 Å². The fourth-order valence-corrected chi connectivity index (χ4v) is 2.64. The number of hydrogen-bond acceptors (Lipinski definition) is 4. The average molecular weight is 314 g/mol. The molecule has 6 nitrogen and oxygen atoms in total. The molecule has 2 unspecified atom stereocenters. The largest absolute Gasteiger partial charge is 0.352 e. The maximum Gasteiger partial charge on any atom is 0.272 e. The molecule has 1 aromatic rings. The second kappa shape index (κ2) is 7.38. The van der Waals surface area contributed by atoms with E-state index in [1.54, 1.807) is 19.1 Å². The lowest BCUT2D eigenvalue weighted by atomic mass is 10.0. The van der Waals surface area contributed by atoms with Gasteiger partial charge in [-0.1, -0.05) is 12.1 Å². The number of nitro benzene ring substituents is 1. The van der Waals surface area contributed by atoms with Crippen molar-refractivity contribution in [2.45, 2.75) is 38.8 Å². The average Bonchev–Trinajstić information content (AvgIpc) is 2.83. The lowest BCUT2D eigenvalue weighted by Gasteiger charge is -2.12. The Balaban J connectivity index is 0.00000220. The third-order valence-corrected chi connectivity index (χ3v) is 3.91. The molecule has 1 aliphatic rings. The molecule has 0 aromatic heterocycles. The topological polar surface area (TPSA) is 98.3 Å². The second-order valence-electron chi connectivity index (χ2n) is 5.31. The Labute approximate surface area is 129 Å². The van der Waals surface area contributed by atoms with Crippen molar-refractivity contribution in [3.05, 3.63) is 39.4 Å². The third kappa shape index (κ3) is 4.15. The highest BCUT2D eigenvalue weighted by molar-refractivity contribution is 5.85. The van der Waals surface area contributed by atoms with Gasteiger partial charge >= 0.3 is 0 Å². The van der Waals surface area contributed by atoms with E-state index in [9.17, 15) is 14.9 Å². The lowest BCUT2D eigenvalue weighted by molar-refractivity contribution is -0.385. The first-order valence-electron chi connectivity index (χ1n) is 6.75. The van der Waals surface area contributed by atoms with Gasteiger partial charge in [0.15, 0.2) is 0 Å². The SMILES string of the molecule is Cc1c(CNC(=O)C2CCC(N)C2)cccc1[N+](=O)[O-].Cl. The number of halogens is 1. The van der Waals surface area contributed by atoms with Gasteiger partial charge in [0.05, 0.1) is 4.92 Å². The molecule has 0 radical (unpaired) electrons. The molecular weight excluding hydrogens is 294 g/mol. The van der Waals surface area contributed by atoms with Crippen LogP contribution in [-0.4, -0.2) is 16.9 Å². The second-order valence-corrected chi connectivity index (χ2v) is 5.31. The molecule has 2 rings (SSSR count). The van der Waals surface area contributed by atoms with E-state index in [2.05, 4.69) is 5.32 Å². The van der Waals surface area contributed by atoms with Crippen LogP contribution >= 0.6 is 12.4 Å². The molecule has 0 bridgehead atoms. The first kappa shape index (κ1) is 17.4. The van der Waals surface area contributed by atoms with Crippen LogP contribution in [0.5, 0.6) is 0 Å². The van der Waals surface area contributed by atoms with Crippen molar-refractivity contribution in [2.75, 3.05) is 0 Å². The number of nitrogens with zero attached hydrogens (tertiary/aromatic N) is 1. The van der Waals surface area contributed by atoms with Crippen LogP contribution in [0.4, 0.5) is 5.69 Å². The maximum absolute atomic E-state index is 12.0. The quantitative estimate of drug-likeness (QED) is 0.656. The van der Waals surface area contributed by atoms with Crippen molar-refractivity contribution in [1.29, 1.82) is 0 Å². The summed E-state index contributed by atoms with van der Waals surface area (Å²) in [6, 6.07) is 5.02. The van der Waals surface area contributed by atoms with Crippen molar-refractivity contribution in [3.8, 4) is 0 Å². The first-order chi connectivity index (χ1) is 9.49. The van der Waals surface area contributed by atoms with Crippen LogP contribution in [0.3, 0.4) is 0 Å². The molecule has 0 aliphatic heterocycles. The predicted molar refractivity (Wildman–Crippen MR) is 82.2 cm³/mol. The molecular formula is C14H20ClN3O3. The fraction of sp³-hybridized carbons (Fsp3) is 0.500. The highest BCUT2D eigenvalue weighted by Gasteiger charge is 2.27. The molecule has 7 heteroatoms. The summed E-state index contributed by atoms with van der Waals surface area (Å²) >= 11 is 0. The minimum absolute atomic E-state index is 0. The van der Waals surface area contributed by atoms with Crippen LogP contribution in [0.2, 0.25) is 0 Å². The van der Waals surface area contributed by atoms with Gasteiger partial charge in [-0.3, -0.25) is 14.9 Å². The third-order valence-electron chi connectivity index (χ3n) is 3.91. The van der Waals surface area contributed by atoms with Crippen molar-refractivity contribution in [3.63, 3.8) is 0 Å². The van der Waals surface area contributed by atoms with Crippen LogP contribution < -0.4 is 11.1 Å². The van der Waals surface area contributed by atoms with Crippen molar-refractivity contribution in [1.82, 2.24) is 5.32 Å². The summed E-state index contributed by atoms with van der Waals surface area (Å²) in [5.74, 6) is -0.0344. The van der Waals surface area contributed by atoms with Crippen LogP contribution in [0.1, 0.15) is 30.4 Å². The summed E-state index contributed by atoms with van der Waals surface area (Å²) in [7, 11) is 0. The van der Waals surface area contributed by atoms with Crippen molar-refractivity contribution >= 4 is 24.0 Å². The van der Waals surface area contributed by atoms with Gasteiger partial charge in [0.2, 0.25) is 5.91 Å². The number of nitrogens with two attached hydrogens (primary N) is 1. The minimum Gasteiger partial charge on any atom is -0.352 e. The lowest BCUT2D eigenvalue weighted by Crippen LogP contribution is -2.30. The summed E-state index contributed by atoms with van der Waals surface area (Å²) in [5, 5.41) is 13.7. The van der Waals surface area contributed by atoms with E-state index in [0.29, 0.717) is 12.1 Å². The monoisotopic (exact) mass is 313 g/mol. The Morgan fingerprint density at radius 1 is 1.48 bits per heavy atom. The van der Waals surface area contributed by atoms with Gasteiger partial charge in [-0.05, 0) is 31.7 Å². The maximum atomic E-state index is 12.0. The Kier molecular flexibility index (Phi) is 6.11. The summed E-state index contributed by atoms with van der Waals surface area (Å²) in [4.78, 5) is 22.4. The standard InChI is InChI=1S/C14H19N3O3.ClH/c1-9-11(3-2-4-13(9)17(19)20)8-16-14(18)10-5-6-12(15)7-10;/h2-4,10,12H,5-8,15H2,1H3,(H,16,18);1H. The van der Waals surface area contributed by atoms with E-state index < -0.39 is 4.92 Å². The molecule has 1 aromatic carbocycles. The highest BCUT2D eigenvalue weighted by Crippen LogP contribution is 2.25. The smallest absolute Gasteiger partial charge is 0.272 e. The molecule has 1 saturated carbocycles. The van der Waals surface area contributed by atoms with Gasteiger partial charge in [-0.2, -0.15) is 0 Å². The molecule has 0 heterocycles. The van der Waals surface area contributed by atoms with Crippen LogP contribution in [-0.2, 0) is 11.3 Å². The first-order valence-corrected chi connectivity index (χ1v) is 6.75. The number of carbonyl (C=O) groups excluding carboxylic acids is 1. The Morgan fingerprint density at radius 2 is 2.19 bits per heavy atom. The van der Waals surface area contributed by atoms with Crippen LogP contribution in [0, 0.1) is 23.0 Å². The number of nitro groups is 1. The van der Waals surface area contributed by atoms with E-state index in [1.807, 2.05) is 0 Å². The zero-order valence-electron chi connectivity index (χ0n) is 11.9. The molecule has 1 fully saturated rings. The molecule has 21 heavy (non-hydrogen) atoms. The zero-order chi connectivity index (χ0) is 14.7. The van der Waals surface area contributed by atoms with Gasteiger partial charge < -0.3 is 11.1 Å². The summed E-state index contributed by atoms with van der Waals surface area (Å²) in [6.45, 7) is 2.02. The summed E-state index contributed by atoms with van der Waals surface area (Å²) in [6.07, 6.45) is 2.43. The molecule has 0 spiro atoms. The van der Waals surface area contributed by atoms with Crippen molar-refractivity contribution < 1.29 is 9.72 Å². The zero-order valence-corrected chi connectivity index (χ0v) is 12.7. The fourth-order valence-electron chi connectivity index (χ4n) is 2.64. The molecule has 0 saturated heterocycles. The molecule has 2 atom stereocenters. The van der Waals surface area contributed by atoms with E-state index in [4.69, 9.17) is 5.73 Å². The van der Waals surface area contributed by atoms with Crippen LogP contribution in [0.25, 0.3) is 0 Å². The van der Waals surface area contributed by atoms with Gasteiger partial charge in [-0.25, -0.2) is 0 Å². The summed E-state index contributed by atoms with van der Waals surface area (Å²) in [5.41, 5.74) is 7.25. The number of nitrogens with one attached hydrogen (secondary N) is 1. The Morgan fingerprint density at radius 3 is 2.76 bits per heavy atom. The summed E-state index contributed by atoms with van der Waals surface area (Å²) < 4.78 is 0. The van der Waals surface area contributed by atoms with E-state index in [0.717, 1.165) is 24.8 Å². The number of hydrogen-bond donors (Lipinski definition) is 2. The minimum atomic E-state index is -0.406. The van der Waals surface area contributed by atoms with Gasteiger partial charge in [0.25, 0.3) is 5.69 Å². The molecule has 3 N–H and O–H groups in total. The Hall–Kier alpha value is -1.66. The molecule has 1 aliphatic carbocycles. The van der Waals surface area contributed by atoms with Gasteiger partial charge in [0, 0.05) is 30.1 Å². The molecule has 116 valence electrons. The number of amides is 1. The van der Waals surface area contributed by atoms with E-state index in [1.165, 1.54) is 6.07 Å². The highest BCUT2D eigenvalue weighted by atomic mass is 35.5. The normalized spacial score (nSPS) is 20.7. The number of carbonyl (C=O) groups is 1. The number of rotatable bonds is 4. The predicted octanol–water partition coefficient (Wildman–Crippen LogP) is 2.07. The van der Waals surface area contributed by atoms with E-state index in [-0.39, 0.29) is 36.0 Å².